The second kappa shape index (κ2) is 10.7. The van der Waals surface area contributed by atoms with Crippen LogP contribution in [0.15, 0.2) is 35.6 Å². The zero-order valence-corrected chi connectivity index (χ0v) is 19.2. The minimum absolute atomic E-state index is 0.118. The molecule has 0 spiro atoms. The van der Waals surface area contributed by atoms with Gasteiger partial charge < -0.3 is 9.80 Å². The molecule has 1 aliphatic heterocycles. The summed E-state index contributed by atoms with van der Waals surface area (Å²) in [5.41, 5.74) is 3.04. The molecule has 31 heavy (non-hydrogen) atoms. The Kier molecular flexibility index (Phi) is 7.97. The van der Waals surface area contributed by atoms with Crippen molar-refractivity contribution in [2.24, 2.45) is 5.41 Å². The monoisotopic (exact) mass is 421 g/mol. The van der Waals surface area contributed by atoms with E-state index in [0.29, 0.717) is 5.78 Å². The summed E-state index contributed by atoms with van der Waals surface area (Å²) in [5, 5.41) is 9.16. The normalized spacial score (nSPS) is 17.7. The highest BCUT2D eigenvalue weighted by atomic mass is 16.1. The largest absolute Gasteiger partial charge is 0.352 e. The Morgan fingerprint density at radius 2 is 1.84 bits per heavy atom. The van der Waals surface area contributed by atoms with Gasteiger partial charge in [0.2, 0.25) is 5.82 Å². The minimum atomic E-state index is 0.118. The Bertz CT molecular complexity index is 865. The first-order valence-corrected chi connectivity index (χ1v) is 11.4. The molecule has 3 rings (SSSR count). The molecule has 6 heteroatoms. The zero-order valence-electron chi connectivity index (χ0n) is 19.2. The van der Waals surface area contributed by atoms with Crippen LogP contribution < -0.4 is 4.90 Å². The van der Waals surface area contributed by atoms with Crippen LogP contribution in [0.25, 0.3) is 0 Å². The van der Waals surface area contributed by atoms with Gasteiger partial charge in [-0.25, -0.2) is 9.97 Å². The molecular weight excluding hydrogens is 386 g/mol. The molecule has 0 atom stereocenters. The molecule has 6 nitrogen and oxygen atoms in total. The van der Waals surface area contributed by atoms with Gasteiger partial charge in [-0.2, -0.15) is 5.26 Å². The van der Waals surface area contributed by atoms with E-state index in [1.165, 1.54) is 11.1 Å². The Morgan fingerprint density at radius 3 is 2.48 bits per heavy atom. The zero-order chi connectivity index (χ0) is 22.3. The fourth-order valence-corrected chi connectivity index (χ4v) is 4.23. The molecule has 0 amide bonds. The second-order valence-corrected chi connectivity index (χ2v) is 9.90. The van der Waals surface area contributed by atoms with Gasteiger partial charge in [0.15, 0.2) is 0 Å². The number of hydrogen-bond acceptors (Lipinski definition) is 6. The number of hydrogen-bond donors (Lipinski definition) is 0. The highest BCUT2D eigenvalue weighted by Crippen LogP contribution is 2.26. The highest BCUT2D eigenvalue weighted by Gasteiger charge is 2.20. The summed E-state index contributed by atoms with van der Waals surface area (Å²) in [6, 6.07) is 3.94. The van der Waals surface area contributed by atoms with Crippen molar-refractivity contribution in [3.63, 3.8) is 0 Å². The van der Waals surface area contributed by atoms with E-state index in [-0.39, 0.29) is 11.2 Å². The van der Waals surface area contributed by atoms with Gasteiger partial charge in [-0.1, -0.05) is 44.1 Å². The van der Waals surface area contributed by atoms with Crippen LogP contribution in [0, 0.1) is 16.7 Å². The average Bonchev–Trinajstić information content (AvgIpc) is 2.75. The number of allylic oxidation sites excluding steroid dienone is 3. The van der Waals surface area contributed by atoms with Crippen molar-refractivity contribution in [1.29, 1.82) is 5.26 Å². The van der Waals surface area contributed by atoms with Crippen LogP contribution >= 0.6 is 0 Å². The molecule has 0 aromatic carbocycles. The fraction of sp³-hybridized carbons (Fsp3) is 0.600. The third-order valence-corrected chi connectivity index (χ3v) is 5.83. The van der Waals surface area contributed by atoms with Crippen LogP contribution in [-0.2, 0) is 4.79 Å². The number of anilines is 1. The van der Waals surface area contributed by atoms with Crippen molar-refractivity contribution in [1.82, 2.24) is 14.9 Å². The number of piperidine rings is 1. The van der Waals surface area contributed by atoms with Crippen molar-refractivity contribution in [2.45, 2.75) is 59.3 Å². The van der Waals surface area contributed by atoms with Gasteiger partial charge in [0, 0.05) is 45.2 Å². The Morgan fingerprint density at radius 1 is 1.13 bits per heavy atom. The topological polar surface area (TPSA) is 73.1 Å². The first-order chi connectivity index (χ1) is 14.8. The van der Waals surface area contributed by atoms with Crippen molar-refractivity contribution in [3.05, 3.63) is 41.4 Å². The van der Waals surface area contributed by atoms with Crippen LogP contribution in [-0.4, -0.2) is 53.4 Å². The molecular formula is C25H35N5O. The van der Waals surface area contributed by atoms with Gasteiger partial charge >= 0.3 is 0 Å². The fourth-order valence-electron chi connectivity index (χ4n) is 4.23. The highest BCUT2D eigenvalue weighted by molar-refractivity contribution is 5.79. The van der Waals surface area contributed by atoms with Crippen molar-refractivity contribution >= 4 is 11.6 Å². The smallest absolute Gasteiger partial charge is 0.234 e. The van der Waals surface area contributed by atoms with Gasteiger partial charge in [0.25, 0.3) is 0 Å². The lowest BCUT2D eigenvalue weighted by molar-refractivity contribution is -0.121. The Labute approximate surface area is 186 Å². The number of aromatic nitrogens is 2. The predicted octanol–water partition coefficient (Wildman–Crippen LogP) is 4.29. The maximum absolute atomic E-state index is 11.4. The third kappa shape index (κ3) is 7.59. The van der Waals surface area contributed by atoms with E-state index in [2.05, 4.69) is 52.7 Å². The molecule has 0 radical (unpaired) electrons. The molecule has 1 saturated heterocycles. The molecule has 166 valence electrons. The first-order valence-electron chi connectivity index (χ1n) is 11.4. The summed E-state index contributed by atoms with van der Waals surface area (Å²) >= 11 is 0. The Balaban J connectivity index is 1.56. The van der Waals surface area contributed by atoms with Gasteiger partial charge in [-0.15, -0.1) is 0 Å². The SMILES string of the molecule is CC(C)(C)CN(CC1=CC=C(CCCN2CCC(=O)CC2)CC1)c1ccnc(C#N)n1. The standard InChI is InChI=1S/C25H35N5O/c1-25(2,3)19-30(24-10-13-27-23(17-26)28-24)18-21-8-6-20(7-9-21)5-4-14-29-15-11-22(31)12-16-29/h6,8,10,13H,4-5,7,9,11-12,14-16,18-19H2,1-3H3. The first kappa shape index (κ1) is 23.1. The van der Waals surface area contributed by atoms with E-state index >= 15 is 0 Å². The lowest BCUT2D eigenvalue weighted by Crippen LogP contribution is -2.35. The van der Waals surface area contributed by atoms with E-state index in [1.54, 1.807) is 6.20 Å². The van der Waals surface area contributed by atoms with E-state index < -0.39 is 0 Å². The van der Waals surface area contributed by atoms with Crippen LogP contribution in [0.1, 0.15) is 65.1 Å². The molecule has 0 saturated carbocycles. The van der Waals surface area contributed by atoms with Gasteiger partial charge in [0.1, 0.15) is 17.7 Å². The summed E-state index contributed by atoms with van der Waals surface area (Å²) in [7, 11) is 0. The van der Waals surface area contributed by atoms with Crippen molar-refractivity contribution in [3.8, 4) is 6.07 Å². The van der Waals surface area contributed by atoms with E-state index in [1.807, 2.05) is 12.1 Å². The van der Waals surface area contributed by atoms with Gasteiger partial charge in [-0.3, -0.25) is 4.79 Å². The van der Waals surface area contributed by atoms with E-state index in [9.17, 15) is 4.79 Å². The van der Waals surface area contributed by atoms with E-state index in [0.717, 1.165) is 77.1 Å². The van der Waals surface area contributed by atoms with Crippen molar-refractivity contribution < 1.29 is 4.79 Å². The van der Waals surface area contributed by atoms with Crippen LogP contribution in [0.4, 0.5) is 5.82 Å². The lowest BCUT2D eigenvalue weighted by Gasteiger charge is -2.32. The summed E-state index contributed by atoms with van der Waals surface area (Å²) in [6.07, 6.45) is 12.2. The number of carbonyl (C=O) groups is 1. The number of carbonyl (C=O) groups excluding carboxylic acids is 1. The quantitative estimate of drug-likeness (QED) is 0.623. The number of likely N-dealkylation sites (tertiary alicyclic amines) is 1. The maximum Gasteiger partial charge on any atom is 0.234 e. The van der Waals surface area contributed by atoms with Gasteiger partial charge in [0.05, 0.1) is 0 Å². The molecule has 1 aliphatic carbocycles. The molecule has 2 heterocycles. The van der Waals surface area contributed by atoms with Gasteiger partial charge in [-0.05, 0) is 43.7 Å². The number of rotatable bonds is 8. The van der Waals surface area contributed by atoms with Crippen LogP contribution in [0.3, 0.4) is 0 Å². The summed E-state index contributed by atoms with van der Waals surface area (Å²) in [6.45, 7) is 11.3. The lowest BCUT2D eigenvalue weighted by atomic mass is 9.93. The van der Waals surface area contributed by atoms with Crippen LogP contribution in [0.2, 0.25) is 0 Å². The average molecular weight is 422 g/mol. The maximum atomic E-state index is 11.4. The molecule has 1 aromatic rings. The molecule has 2 aliphatic rings. The molecule has 1 aromatic heterocycles. The summed E-state index contributed by atoms with van der Waals surface area (Å²) in [5.74, 6) is 1.45. The number of nitriles is 1. The number of nitrogens with zero attached hydrogens (tertiary/aromatic N) is 5. The van der Waals surface area contributed by atoms with Crippen LogP contribution in [0.5, 0.6) is 0 Å². The molecule has 0 N–H and O–H groups in total. The van der Waals surface area contributed by atoms with Crippen molar-refractivity contribution in [2.75, 3.05) is 37.6 Å². The van der Waals surface area contributed by atoms with E-state index in [4.69, 9.17) is 5.26 Å². The third-order valence-electron chi connectivity index (χ3n) is 5.83. The number of ketones is 1. The molecule has 1 fully saturated rings. The minimum Gasteiger partial charge on any atom is -0.352 e. The molecule has 0 bridgehead atoms. The number of Topliss-reactive ketones (excluding diaryl/α,β-unsaturated/α-hetero) is 1. The second-order valence-electron chi connectivity index (χ2n) is 9.90. The summed E-state index contributed by atoms with van der Waals surface area (Å²) < 4.78 is 0. The molecule has 0 unspecified atom stereocenters. The predicted molar refractivity (Wildman–Crippen MR) is 124 cm³/mol. The summed E-state index contributed by atoms with van der Waals surface area (Å²) in [4.78, 5) is 24.5. The Hall–Kier alpha value is -2.52.